The van der Waals surface area contributed by atoms with Crippen molar-refractivity contribution in [3.05, 3.63) is 95.3 Å². The summed E-state index contributed by atoms with van der Waals surface area (Å²) >= 11 is 14.7. The minimum Gasteiger partial charge on any atom is -0.0622 e. The van der Waals surface area contributed by atoms with Crippen LogP contribution >= 0.6 is 63.7 Å². The largest absolute Gasteiger partial charge is 0.0622 e. The topological polar surface area (TPSA) is 0 Å². The first-order valence-corrected chi connectivity index (χ1v) is 9.75. The summed E-state index contributed by atoms with van der Waals surface area (Å²) in [5.74, 6) is 0. The molecule has 1 aliphatic carbocycles. The van der Waals surface area contributed by atoms with Crippen molar-refractivity contribution >= 4 is 69.3 Å². The number of allylic oxidation sites excluding steroid dienone is 5. The van der Waals surface area contributed by atoms with Gasteiger partial charge in [-0.15, -0.1) is 0 Å². The van der Waals surface area contributed by atoms with Crippen LogP contribution in [0.2, 0.25) is 0 Å². The highest BCUT2D eigenvalue weighted by molar-refractivity contribution is 9.17. The van der Waals surface area contributed by atoms with Crippen molar-refractivity contribution in [1.29, 1.82) is 0 Å². The Morgan fingerprint density at radius 3 is 1.23 bits per heavy atom. The molecule has 4 heteroatoms. The Morgan fingerprint density at radius 1 is 0.500 bits per heavy atom. The first-order valence-electron chi connectivity index (χ1n) is 6.58. The van der Waals surface area contributed by atoms with Gasteiger partial charge in [0.15, 0.2) is 0 Å². The Morgan fingerprint density at radius 2 is 0.864 bits per heavy atom. The zero-order valence-corrected chi connectivity index (χ0v) is 17.6. The zero-order chi connectivity index (χ0) is 15.7. The van der Waals surface area contributed by atoms with Gasteiger partial charge in [-0.05, 0) is 80.4 Å². The normalized spacial score (nSPS) is 14.8. The highest BCUT2D eigenvalue weighted by Gasteiger charge is 2.27. The summed E-state index contributed by atoms with van der Waals surface area (Å²) in [4.78, 5) is 0. The van der Waals surface area contributed by atoms with Gasteiger partial charge in [0.1, 0.15) is 0 Å². The molecule has 0 N–H and O–H groups in total. The summed E-state index contributed by atoms with van der Waals surface area (Å²) in [6.07, 6.45) is 0. The Balaban J connectivity index is 2.36. The number of halogens is 4. The van der Waals surface area contributed by atoms with Gasteiger partial charge in [0.05, 0.1) is 0 Å². The van der Waals surface area contributed by atoms with E-state index in [2.05, 4.69) is 112 Å². The van der Waals surface area contributed by atoms with E-state index in [9.17, 15) is 0 Å². The average Bonchev–Trinajstić information content (AvgIpc) is 2.75. The Hall–Kier alpha value is -0.420. The minimum atomic E-state index is 1.01. The molecule has 0 aromatic heterocycles. The van der Waals surface area contributed by atoms with E-state index in [0.717, 1.165) is 23.5 Å². The van der Waals surface area contributed by atoms with Crippen LogP contribution in [-0.2, 0) is 0 Å². The minimum absolute atomic E-state index is 1.01. The molecular weight excluding hydrogens is 536 g/mol. The molecule has 110 valence electrons. The predicted octanol–water partition coefficient (Wildman–Crippen LogP) is 7.50. The van der Waals surface area contributed by atoms with Gasteiger partial charge in [0.25, 0.3) is 0 Å². The maximum Gasteiger partial charge on any atom is 0.0477 e. The first-order chi connectivity index (χ1) is 10.6. The lowest BCUT2D eigenvalue weighted by Gasteiger charge is -2.14. The van der Waals surface area contributed by atoms with Crippen molar-refractivity contribution in [2.75, 3.05) is 0 Å². The second-order valence-electron chi connectivity index (χ2n) is 4.74. The molecule has 1 aliphatic rings. The third-order valence-electron chi connectivity index (χ3n) is 3.39. The number of rotatable bonds is 2. The van der Waals surface area contributed by atoms with Gasteiger partial charge in [0, 0.05) is 23.5 Å². The molecule has 0 aliphatic heterocycles. The van der Waals surface area contributed by atoms with E-state index in [-0.39, 0.29) is 0 Å². The van der Waals surface area contributed by atoms with Crippen LogP contribution in [0.4, 0.5) is 0 Å². The Bertz CT molecular complexity index is 732. The molecule has 2 aromatic carbocycles. The molecule has 0 bridgehead atoms. The summed E-state index contributed by atoms with van der Waals surface area (Å²) in [5, 5.41) is 0. The molecule has 0 saturated carbocycles. The van der Waals surface area contributed by atoms with E-state index in [1.165, 1.54) is 16.7 Å². The van der Waals surface area contributed by atoms with Gasteiger partial charge >= 0.3 is 0 Å². The van der Waals surface area contributed by atoms with Crippen LogP contribution in [0.1, 0.15) is 11.1 Å². The van der Waals surface area contributed by atoms with Gasteiger partial charge in [-0.2, -0.15) is 0 Å². The van der Waals surface area contributed by atoms with E-state index in [4.69, 9.17) is 0 Å². The molecule has 0 nitrogen and oxygen atoms in total. The number of hydrogen-bond donors (Lipinski definition) is 0. The molecule has 0 fully saturated rings. The molecule has 0 heterocycles. The van der Waals surface area contributed by atoms with Crippen LogP contribution in [0.25, 0.3) is 5.57 Å². The van der Waals surface area contributed by atoms with Gasteiger partial charge in [-0.1, -0.05) is 60.7 Å². The molecule has 0 spiro atoms. The Labute approximate surface area is 163 Å². The summed E-state index contributed by atoms with van der Waals surface area (Å²) in [6, 6.07) is 20.9. The van der Waals surface area contributed by atoms with Crippen LogP contribution in [-0.4, -0.2) is 0 Å². The maximum absolute atomic E-state index is 3.72. The third-order valence-corrected chi connectivity index (χ3v) is 8.16. The molecule has 22 heavy (non-hydrogen) atoms. The van der Waals surface area contributed by atoms with Crippen LogP contribution < -0.4 is 0 Å². The van der Waals surface area contributed by atoms with Crippen molar-refractivity contribution in [3.63, 3.8) is 0 Å². The third kappa shape index (κ3) is 2.99. The highest BCUT2D eigenvalue weighted by Crippen LogP contribution is 2.51. The SMILES string of the molecule is BrC1=C(Br)C(=C(c2ccccc2)c2ccccc2)C(Br)=C1Br. The van der Waals surface area contributed by atoms with Gasteiger partial charge in [-0.25, -0.2) is 0 Å². The van der Waals surface area contributed by atoms with Gasteiger partial charge in [0.2, 0.25) is 0 Å². The van der Waals surface area contributed by atoms with E-state index in [1.54, 1.807) is 0 Å². The fourth-order valence-electron chi connectivity index (χ4n) is 2.39. The van der Waals surface area contributed by atoms with Crippen molar-refractivity contribution in [3.8, 4) is 0 Å². The molecule has 2 aromatic rings. The molecule has 0 radical (unpaired) electrons. The van der Waals surface area contributed by atoms with Crippen molar-refractivity contribution < 1.29 is 0 Å². The lowest BCUT2D eigenvalue weighted by Crippen LogP contribution is -1.94. The summed E-state index contributed by atoms with van der Waals surface area (Å²) in [6.45, 7) is 0. The quantitative estimate of drug-likeness (QED) is 0.366. The second-order valence-corrected chi connectivity index (χ2v) is 7.91. The van der Waals surface area contributed by atoms with Crippen molar-refractivity contribution in [1.82, 2.24) is 0 Å². The van der Waals surface area contributed by atoms with E-state index in [1.807, 2.05) is 12.1 Å². The summed E-state index contributed by atoms with van der Waals surface area (Å²) < 4.78 is 4.10. The molecular formula is C18H10Br4. The van der Waals surface area contributed by atoms with Gasteiger partial charge in [-0.3, -0.25) is 0 Å². The lowest BCUT2D eigenvalue weighted by atomic mass is 9.93. The lowest BCUT2D eigenvalue weighted by molar-refractivity contribution is 1.51. The van der Waals surface area contributed by atoms with Crippen LogP contribution in [0.5, 0.6) is 0 Å². The fraction of sp³-hybridized carbons (Fsp3) is 0. The van der Waals surface area contributed by atoms with Crippen molar-refractivity contribution in [2.45, 2.75) is 0 Å². The van der Waals surface area contributed by atoms with Crippen molar-refractivity contribution in [2.24, 2.45) is 0 Å². The number of hydrogen-bond acceptors (Lipinski definition) is 0. The van der Waals surface area contributed by atoms with E-state index >= 15 is 0 Å². The van der Waals surface area contributed by atoms with Crippen LogP contribution in [0.3, 0.4) is 0 Å². The molecule has 0 saturated heterocycles. The standard InChI is InChI=1S/C18H10Br4/c19-15-14(16(20)18(22)17(15)21)13(11-7-3-1-4-8-11)12-9-5-2-6-10-12/h1-10H. The fourth-order valence-corrected chi connectivity index (χ4v) is 5.17. The smallest absolute Gasteiger partial charge is 0.0477 e. The molecule has 0 unspecified atom stereocenters. The van der Waals surface area contributed by atoms with Crippen LogP contribution in [0, 0.1) is 0 Å². The maximum atomic E-state index is 3.72. The zero-order valence-electron chi connectivity index (χ0n) is 11.3. The van der Waals surface area contributed by atoms with Gasteiger partial charge < -0.3 is 0 Å². The number of benzene rings is 2. The monoisotopic (exact) mass is 542 g/mol. The highest BCUT2D eigenvalue weighted by atomic mass is 79.9. The summed E-state index contributed by atoms with van der Waals surface area (Å²) in [7, 11) is 0. The first kappa shape index (κ1) is 16.4. The molecule has 3 rings (SSSR count). The molecule has 0 atom stereocenters. The van der Waals surface area contributed by atoms with E-state index in [0.29, 0.717) is 0 Å². The summed E-state index contributed by atoms with van der Waals surface area (Å²) in [5.41, 5.74) is 4.68. The second kappa shape index (κ2) is 7.00. The van der Waals surface area contributed by atoms with E-state index < -0.39 is 0 Å². The average molecular weight is 546 g/mol. The van der Waals surface area contributed by atoms with Crippen LogP contribution in [0.15, 0.2) is 84.2 Å². The predicted molar refractivity (Wildman–Crippen MR) is 109 cm³/mol. The Kier molecular flexibility index (Phi) is 5.23. The molecule has 0 amide bonds.